The topological polar surface area (TPSA) is 12.0 Å². The second-order valence-electron chi connectivity index (χ2n) is 6.32. The van der Waals surface area contributed by atoms with E-state index >= 15 is 0 Å². The Kier molecular flexibility index (Phi) is 5.50. The predicted octanol–water partition coefficient (Wildman–Crippen LogP) is 6.43. The molecule has 0 bridgehead atoms. The molecule has 26 heavy (non-hydrogen) atoms. The van der Waals surface area contributed by atoms with Crippen LogP contribution in [-0.4, -0.2) is 0 Å². The van der Waals surface area contributed by atoms with E-state index in [1.807, 2.05) is 37.5 Å². The number of rotatable bonds is 2. The molecule has 0 amide bonds. The van der Waals surface area contributed by atoms with Crippen molar-refractivity contribution in [2.24, 2.45) is 0 Å². The molecule has 1 nitrogen and oxygen atoms in total. The summed E-state index contributed by atoms with van der Waals surface area (Å²) in [6.07, 6.45) is 12.1. The van der Waals surface area contributed by atoms with Crippen molar-refractivity contribution in [2.75, 3.05) is 0 Å². The molecule has 1 aliphatic rings. The van der Waals surface area contributed by atoms with Crippen LogP contribution in [0.15, 0.2) is 121 Å². The van der Waals surface area contributed by atoms with Gasteiger partial charge >= 0.3 is 0 Å². The first-order chi connectivity index (χ1) is 12.6. The Hall–Kier alpha value is -3.32. The molecular formula is C25H23N. The predicted molar refractivity (Wildman–Crippen MR) is 113 cm³/mol. The summed E-state index contributed by atoms with van der Waals surface area (Å²) < 4.78 is 0. The van der Waals surface area contributed by atoms with Crippen molar-refractivity contribution in [1.82, 2.24) is 5.32 Å². The standard InChI is InChI=1S/C25H23N/c1-19-12-14-26-15-13-25(17-21(3)20(2)16-19)24-11-7-10-23(18-24)22-8-5-4-6-9-22/h4-18,26H,2-3H2,1H3/b14-12-,15-13-,19-16-,25-17+. The molecule has 1 N–H and O–H groups in total. The first-order valence-electron chi connectivity index (χ1n) is 8.67. The van der Waals surface area contributed by atoms with Crippen LogP contribution >= 0.6 is 0 Å². The first kappa shape index (κ1) is 17.5. The van der Waals surface area contributed by atoms with Crippen LogP contribution in [0.4, 0.5) is 0 Å². The van der Waals surface area contributed by atoms with Crippen molar-refractivity contribution >= 4 is 5.57 Å². The number of hydrogen-bond donors (Lipinski definition) is 1. The molecule has 1 heteroatoms. The van der Waals surface area contributed by atoms with Crippen LogP contribution < -0.4 is 5.32 Å². The normalized spacial score (nSPS) is 21.4. The molecule has 1 heterocycles. The zero-order valence-corrected chi connectivity index (χ0v) is 15.1. The van der Waals surface area contributed by atoms with Gasteiger partial charge in [0, 0.05) is 12.4 Å². The highest BCUT2D eigenvalue weighted by Crippen LogP contribution is 2.26. The lowest BCUT2D eigenvalue weighted by Crippen LogP contribution is -1.92. The molecule has 0 radical (unpaired) electrons. The van der Waals surface area contributed by atoms with E-state index in [2.05, 4.69) is 79.2 Å². The van der Waals surface area contributed by atoms with Gasteiger partial charge in [0.25, 0.3) is 0 Å². The molecule has 0 saturated carbocycles. The quantitative estimate of drug-likeness (QED) is 0.666. The van der Waals surface area contributed by atoms with E-state index in [1.165, 1.54) is 11.1 Å². The fraction of sp³-hybridized carbons (Fsp3) is 0.0400. The third-order valence-electron chi connectivity index (χ3n) is 4.25. The lowest BCUT2D eigenvalue weighted by atomic mass is 9.96. The van der Waals surface area contributed by atoms with Crippen LogP contribution in [0.5, 0.6) is 0 Å². The van der Waals surface area contributed by atoms with E-state index in [0.717, 1.165) is 27.9 Å². The summed E-state index contributed by atoms with van der Waals surface area (Å²) in [4.78, 5) is 0. The maximum atomic E-state index is 4.19. The van der Waals surface area contributed by atoms with E-state index in [-0.39, 0.29) is 0 Å². The Morgan fingerprint density at radius 3 is 2.15 bits per heavy atom. The van der Waals surface area contributed by atoms with Crippen molar-refractivity contribution in [2.45, 2.75) is 6.92 Å². The largest absolute Gasteiger partial charge is 0.368 e. The Morgan fingerprint density at radius 1 is 0.692 bits per heavy atom. The van der Waals surface area contributed by atoms with Gasteiger partial charge in [0.2, 0.25) is 0 Å². The fourth-order valence-electron chi connectivity index (χ4n) is 2.81. The summed E-state index contributed by atoms with van der Waals surface area (Å²) in [7, 11) is 0. The zero-order valence-electron chi connectivity index (χ0n) is 15.1. The highest BCUT2D eigenvalue weighted by Gasteiger charge is 2.04. The third kappa shape index (κ3) is 4.40. The number of allylic oxidation sites excluding steroid dienone is 8. The molecule has 1 aliphatic heterocycles. The molecule has 128 valence electrons. The molecule has 0 unspecified atom stereocenters. The average molecular weight is 337 g/mol. The van der Waals surface area contributed by atoms with E-state index < -0.39 is 0 Å². The summed E-state index contributed by atoms with van der Waals surface area (Å²) in [6, 6.07) is 19.0. The van der Waals surface area contributed by atoms with Crippen molar-refractivity contribution in [3.8, 4) is 11.1 Å². The maximum absolute atomic E-state index is 4.19. The van der Waals surface area contributed by atoms with Crippen LogP contribution in [-0.2, 0) is 0 Å². The second-order valence-corrected chi connectivity index (χ2v) is 6.32. The van der Waals surface area contributed by atoms with E-state index in [9.17, 15) is 0 Å². The molecule has 2 aromatic rings. The van der Waals surface area contributed by atoms with Crippen molar-refractivity contribution in [3.63, 3.8) is 0 Å². The fourth-order valence-corrected chi connectivity index (χ4v) is 2.81. The van der Waals surface area contributed by atoms with Crippen LogP contribution in [0.25, 0.3) is 16.7 Å². The molecule has 2 aromatic carbocycles. The van der Waals surface area contributed by atoms with E-state index in [1.54, 1.807) is 0 Å². The minimum atomic E-state index is 0.907. The van der Waals surface area contributed by atoms with Crippen LogP contribution in [0.2, 0.25) is 0 Å². The van der Waals surface area contributed by atoms with E-state index in [0.29, 0.717) is 0 Å². The Bertz CT molecular complexity index is 937. The van der Waals surface area contributed by atoms with Gasteiger partial charge in [-0.3, -0.25) is 0 Å². The minimum Gasteiger partial charge on any atom is -0.368 e. The van der Waals surface area contributed by atoms with Crippen molar-refractivity contribution in [3.05, 3.63) is 127 Å². The molecule has 0 saturated heterocycles. The maximum Gasteiger partial charge on any atom is 0.00106 e. The summed E-state index contributed by atoms with van der Waals surface area (Å²) in [5.74, 6) is 0. The monoisotopic (exact) mass is 337 g/mol. The molecule has 0 fully saturated rings. The summed E-state index contributed by atoms with van der Waals surface area (Å²) in [5.41, 5.74) is 7.58. The van der Waals surface area contributed by atoms with Crippen molar-refractivity contribution < 1.29 is 0 Å². The number of nitrogens with one attached hydrogen (secondary N) is 1. The zero-order chi connectivity index (χ0) is 18.4. The minimum absolute atomic E-state index is 0.907. The molecule has 0 atom stereocenters. The molecule has 0 spiro atoms. The van der Waals surface area contributed by atoms with Gasteiger partial charge < -0.3 is 5.32 Å². The lowest BCUT2D eigenvalue weighted by Gasteiger charge is -2.09. The first-order valence-corrected chi connectivity index (χ1v) is 8.67. The molecular weight excluding hydrogens is 314 g/mol. The van der Waals surface area contributed by atoms with Gasteiger partial charge in [0.15, 0.2) is 0 Å². The Balaban J connectivity index is 2.02. The van der Waals surface area contributed by atoms with Crippen LogP contribution in [0.3, 0.4) is 0 Å². The van der Waals surface area contributed by atoms with Gasteiger partial charge in [-0.25, -0.2) is 0 Å². The van der Waals surface area contributed by atoms with Crippen LogP contribution in [0, 0.1) is 0 Å². The average Bonchev–Trinajstić information content (AvgIpc) is 2.69. The van der Waals surface area contributed by atoms with Gasteiger partial charge in [-0.2, -0.15) is 0 Å². The summed E-state index contributed by atoms with van der Waals surface area (Å²) >= 11 is 0. The summed E-state index contributed by atoms with van der Waals surface area (Å²) in [6.45, 7) is 10.4. The number of hydrogen-bond acceptors (Lipinski definition) is 1. The third-order valence-corrected chi connectivity index (χ3v) is 4.25. The van der Waals surface area contributed by atoms with Crippen molar-refractivity contribution in [1.29, 1.82) is 0 Å². The van der Waals surface area contributed by atoms with Gasteiger partial charge in [-0.05, 0) is 70.2 Å². The van der Waals surface area contributed by atoms with E-state index in [4.69, 9.17) is 0 Å². The SMILES string of the molecule is C=C1/C=C(C)\C=C/N/C=C\C(c2cccc(-c3ccccc3)c2)=C/C1=C. The van der Waals surface area contributed by atoms with Gasteiger partial charge in [-0.15, -0.1) is 0 Å². The molecule has 0 aromatic heterocycles. The van der Waals surface area contributed by atoms with Gasteiger partial charge in [0.05, 0.1) is 0 Å². The lowest BCUT2D eigenvalue weighted by molar-refractivity contribution is 1.19. The highest BCUT2D eigenvalue weighted by atomic mass is 14.8. The molecule has 3 rings (SSSR count). The van der Waals surface area contributed by atoms with Crippen LogP contribution in [0.1, 0.15) is 12.5 Å². The van der Waals surface area contributed by atoms with Gasteiger partial charge in [-0.1, -0.05) is 67.8 Å². The Labute approximate surface area is 156 Å². The highest BCUT2D eigenvalue weighted by molar-refractivity contribution is 5.80. The van der Waals surface area contributed by atoms with Gasteiger partial charge in [0.1, 0.15) is 0 Å². The second kappa shape index (κ2) is 8.17. The Morgan fingerprint density at radius 2 is 1.35 bits per heavy atom. The molecule has 0 aliphatic carbocycles. The number of benzene rings is 2. The smallest absolute Gasteiger partial charge is 0.00106 e. The summed E-state index contributed by atoms with van der Waals surface area (Å²) in [5, 5.41) is 3.19.